The van der Waals surface area contributed by atoms with Crippen molar-refractivity contribution in [1.29, 1.82) is 0 Å². The van der Waals surface area contributed by atoms with Gasteiger partial charge in [0.1, 0.15) is 0 Å². The highest BCUT2D eigenvalue weighted by molar-refractivity contribution is 8.00. The summed E-state index contributed by atoms with van der Waals surface area (Å²) < 4.78 is 1.98. The van der Waals surface area contributed by atoms with E-state index in [-0.39, 0.29) is 0 Å². The molecule has 3 nitrogen and oxygen atoms in total. The van der Waals surface area contributed by atoms with Gasteiger partial charge in [-0.15, -0.1) is 0 Å². The molecule has 13 heavy (non-hydrogen) atoms. The lowest BCUT2D eigenvalue weighted by molar-refractivity contribution is 0.532. The monoisotopic (exact) mass is 197 g/mol. The summed E-state index contributed by atoms with van der Waals surface area (Å²) in [4.78, 5) is 0. The van der Waals surface area contributed by atoms with Crippen LogP contribution in [0.3, 0.4) is 0 Å². The lowest BCUT2D eigenvalue weighted by Gasteiger charge is -2.25. The number of thioether (sulfide) groups is 1. The van der Waals surface area contributed by atoms with E-state index in [2.05, 4.69) is 30.5 Å². The quantitative estimate of drug-likeness (QED) is 0.803. The van der Waals surface area contributed by atoms with Crippen LogP contribution in [0.2, 0.25) is 0 Å². The van der Waals surface area contributed by atoms with E-state index in [9.17, 15) is 0 Å². The van der Waals surface area contributed by atoms with Gasteiger partial charge in [-0.3, -0.25) is 4.68 Å². The third kappa shape index (κ3) is 1.99. The molecule has 1 aromatic rings. The first-order chi connectivity index (χ1) is 6.25. The zero-order valence-electron chi connectivity index (χ0n) is 8.03. The van der Waals surface area contributed by atoms with Crippen molar-refractivity contribution in [3.63, 3.8) is 0 Å². The number of nitrogens with one attached hydrogen (secondary N) is 1. The highest BCUT2D eigenvalue weighted by Gasteiger charge is 2.17. The molecule has 1 aliphatic heterocycles. The summed E-state index contributed by atoms with van der Waals surface area (Å²) in [7, 11) is 0. The molecule has 1 fully saturated rings. The number of hydrogen-bond acceptors (Lipinski definition) is 3. The smallest absolute Gasteiger partial charge is 0.0729 e. The van der Waals surface area contributed by atoms with Gasteiger partial charge in [-0.1, -0.05) is 0 Å². The van der Waals surface area contributed by atoms with Gasteiger partial charge in [-0.25, -0.2) is 0 Å². The second kappa shape index (κ2) is 3.62. The standard InChI is InChI=1S/C9H15N3S/c1-7(2)12-4-8(3-10-12)11-9-5-13-6-9/h3-4,7,9,11H,5-6H2,1-2H3. The molecule has 1 aliphatic rings. The maximum Gasteiger partial charge on any atom is 0.0729 e. The van der Waals surface area contributed by atoms with Gasteiger partial charge in [-0.05, 0) is 13.8 Å². The van der Waals surface area contributed by atoms with Crippen molar-refractivity contribution in [3.8, 4) is 0 Å². The summed E-state index contributed by atoms with van der Waals surface area (Å²) in [6, 6.07) is 1.11. The van der Waals surface area contributed by atoms with Crippen LogP contribution in [0.4, 0.5) is 5.69 Å². The maximum atomic E-state index is 4.27. The Morgan fingerprint density at radius 1 is 1.62 bits per heavy atom. The predicted octanol–water partition coefficient (Wildman–Crippen LogP) is 1.99. The van der Waals surface area contributed by atoms with Crippen molar-refractivity contribution >= 4 is 17.4 Å². The molecule has 0 spiro atoms. The molecule has 72 valence electrons. The van der Waals surface area contributed by atoms with Crippen LogP contribution in [-0.4, -0.2) is 27.3 Å². The second-order valence-electron chi connectivity index (χ2n) is 3.68. The Balaban J connectivity index is 1.96. The number of hydrogen-bond donors (Lipinski definition) is 1. The molecule has 1 N–H and O–H groups in total. The third-order valence-electron chi connectivity index (χ3n) is 2.14. The maximum absolute atomic E-state index is 4.27. The van der Waals surface area contributed by atoms with Gasteiger partial charge in [0.2, 0.25) is 0 Å². The van der Waals surface area contributed by atoms with E-state index >= 15 is 0 Å². The molecule has 0 saturated carbocycles. The average molecular weight is 197 g/mol. The Morgan fingerprint density at radius 3 is 2.85 bits per heavy atom. The van der Waals surface area contributed by atoms with E-state index in [0.29, 0.717) is 12.1 Å². The number of aromatic nitrogens is 2. The lowest BCUT2D eigenvalue weighted by Crippen LogP contribution is -2.32. The van der Waals surface area contributed by atoms with Gasteiger partial charge in [0, 0.05) is 29.8 Å². The molecular formula is C9H15N3S. The molecule has 0 aromatic carbocycles. The number of rotatable bonds is 3. The van der Waals surface area contributed by atoms with Crippen LogP contribution in [0.5, 0.6) is 0 Å². The van der Waals surface area contributed by atoms with Crippen molar-refractivity contribution in [2.24, 2.45) is 0 Å². The highest BCUT2D eigenvalue weighted by Crippen LogP contribution is 2.21. The van der Waals surface area contributed by atoms with Crippen LogP contribution in [0.25, 0.3) is 0 Å². The summed E-state index contributed by atoms with van der Waals surface area (Å²) in [5.74, 6) is 2.46. The predicted molar refractivity (Wildman–Crippen MR) is 57.3 cm³/mol. The summed E-state index contributed by atoms with van der Waals surface area (Å²) in [6.45, 7) is 4.27. The van der Waals surface area contributed by atoms with Crippen LogP contribution in [-0.2, 0) is 0 Å². The van der Waals surface area contributed by atoms with E-state index in [4.69, 9.17) is 0 Å². The van der Waals surface area contributed by atoms with Gasteiger partial charge in [0.05, 0.1) is 11.9 Å². The zero-order chi connectivity index (χ0) is 9.26. The van der Waals surface area contributed by atoms with Crippen LogP contribution in [0.1, 0.15) is 19.9 Å². The van der Waals surface area contributed by atoms with Gasteiger partial charge in [0.15, 0.2) is 0 Å². The van der Waals surface area contributed by atoms with E-state index in [1.165, 1.54) is 11.5 Å². The minimum atomic E-state index is 0.450. The molecule has 2 heterocycles. The van der Waals surface area contributed by atoms with Gasteiger partial charge < -0.3 is 5.32 Å². The summed E-state index contributed by atoms with van der Waals surface area (Å²) >= 11 is 1.99. The molecular weight excluding hydrogens is 182 g/mol. The first-order valence-corrected chi connectivity index (χ1v) is 5.79. The van der Waals surface area contributed by atoms with Gasteiger partial charge >= 0.3 is 0 Å². The molecule has 4 heteroatoms. The largest absolute Gasteiger partial charge is 0.378 e. The first-order valence-electron chi connectivity index (χ1n) is 4.64. The Bertz CT molecular complexity index is 278. The minimum absolute atomic E-state index is 0.450. The van der Waals surface area contributed by atoms with Gasteiger partial charge in [0.25, 0.3) is 0 Å². The van der Waals surface area contributed by atoms with Gasteiger partial charge in [-0.2, -0.15) is 16.9 Å². The van der Waals surface area contributed by atoms with Crippen LogP contribution >= 0.6 is 11.8 Å². The molecule has 0 bridgehead atoms. The molecule has 1 saturated heterocycles. The number of nitrogens with zero attached hydrogens (tertiary/aromatic N) is 2. The topological polar surface area (TPSA) is 29.9 Å². The Hall–Kier alpha value is -0.640. The van der Waals surface area contributed by atoms with Crippen LogP contribution in [0, 0.1) is 0 Å². The molecule has 0 atom stereocenters. The Labute approximate surface area is 82.9 Å². The molecule has 0 aliphatic carbocycles. The Morgan fingerprint density at radius 2 is 2.38 bits per heavy atom. The zero-order valence-corrected chi connectivity index (χ0v) is 8.84. The van der Waals surface area contributed by atoms with Crippen molar-refractivity contribution in [1.82, 2.24) is 9.78 Å². The van der Waals surface area contributed by atoms with E-state index < -0.39 is 0 Å². The van der Waals surface area contributed by atoms with Crippen LogP contribution in [0.15, 0.2) is 12.4 Å². The molecule has 0 unspecified atom stereocenters. The fourth-order valence-corrected chi connectivity index (χ4v) is 1.89. The molecule has 2 rings (SSSR count). The number of anilines is 1. The molecule has 0 amide bonds. The van der Waals surface area contributed by atoms with E-state index in [0.717, 1.165) is 5.69 Å². The summed E-state index contributed by atoms with van der Waals surface area (Å²) in [5, 5.41) is 7.72. The fourth-order valence-electron chi connectivity index (χ4n) is 1.25. The second-order valence-corrected chi connectivity index (χ2v) is 4.76. The average Bonchev–Trinajstić information content (AvgIpc) is 2.44. The third-order valence-corrected chi connectivity index (χ3v) is 3.42. The van der Waals surface area contributed by atoms with Crippen LogP contribution < -0.4 is 5.32 Å². The molecule has 1 aromatic heterocycles. The SMILES string of the molecule is CC(C)n1cc(NC2CSC2)cn1. The van der Waals surface area contributed by atoms with Crippen molar-refractivity contribution in [2.45, 2.75) is 25.9 Å². The minimum Gasteiger partial charge on any atom is -0.378 e. The van der Waals surface area contributed by atoms with E-state index in [1.807, 2.05) is 22.6 Å². The highest BCUT2D eigenvalue weighted by atomic mass is 32.2. The lowest BCUT2D eigenvalue weighted by atomic mass is 10.3. The molecule has 0 radical (unpaired) electrons. The summed E-state index contributed by atoms with van der Waals surface area (Å²) in [6.07, 6.45) is 3.98. The van der Waals surface area contributed by atoms with Crippen molar-refractivity contribution in [3.05, 3.63) is 12.4 Å². The van der Waals surface area contributed by atoms with Crippen molar-refractivity contribution < 1.29 is 0 Å². The Kier molecular flexibility index (Phi) is 2.49. The first kappa shape index (κ1) is 8.94. The van der Waals surface area contributed by atoms with Crippen molar-refractivity contribution in [2.75, 3.05) is 16.8 Å². The fraction of sp³-hybridized carbons (Fsp3) is 0.667. The van der Waals surface area contributed by atoms with E-state index in [1.54, 1.807) is 0 Å². The summed E-state index contributed by atoms with van der Waals surface area (Å²) in [5.41, 5.74) is 1.15. The normalized spacial score (nSPS) is 17.5.